The molecule has 0 saturated carbocycles. The van der Waals surface area contributed by atoms with E-state index < -0.39 is 0 Å². The van der Waals surface area contributed by atoms with E-state index in [0.717, 1.165) is 0 Å². The number of rotatable bonds is 7. The Labute approximate surface area is 139 Å². The Morgan fingerprint density at radius 3 is 2.32 bits per heavy atom. The molecule has 0 nitrogen and oxygen atoms in total. The van der Waals surface area contributed by atoms with Crippen molar-refractivity contribution in [2.75, 3.05) is 0 Å². The minimum Gasteiger partial charge on any atom is -0.0990 e. The smallest absolute Gasteiger partial charge is 0.0157 e. The molecule has 0 aliphatic carbocycles. The summed E-state index contributed by atoms with van der Waals surface area (Å²) < 4.78 is 0. The van der Waals surface area contributed by atoms with Crippen LogP contribution in [0.25, 0.3) is 0 Å². The molecule has 0 aromatic heterocycles. The van der Waals surface area contributed by atoms with Crippen LogP contribution in [0.15, 0.2) is 60.5 Å². The van der Waals surface area contributed by atoms with Gasteiger partial charge >= 0.3 is 0 Å². The predicted molar refractivity (Wildman–Crippen MR) is 107 cm³/mol. The molecule has 0 N–H and O–H groups in total. The van der Waals surface area contributed by atoms with Crippen LogP contribution in [0.5, 0.6) is 0 Å². The molecule has 0 aliphatic heterocycles. The molecule has 0 heterocycles. The van der Waals surface area contributed by atoms with Crippen molar-refractivity contribution in [1.82, 2.24) is 0 Å². The van der Waals surface area contributed by atoms with Crippen LogP contribution >= 0.6 is 7.92 Å². The van der Waals surface area contributed by atoms with Gasteiger partial charge in [-0.25, -0.2) is 0 Å². The number of aryl methyl sites for hydroxylation is 1. The fraction of sp³-hybridized carbons (Fsp3) is 0.429. The van der Waals surface area contributed by atoms with Crippen LogP contribution in [-0.2, 0) is 0 Å². The van der Waals surface area contributed by atoms with Gasteiger partial charge in [-0.3, -0.25) is 0 Å². The molecular formula is C21H33P. The highest BCUT2D eigenvalue weighted by Crippen LogP contribution is 2.53. The zero-order valence-electron chi connectivity index (χ0n) is 15.3. The highest BCUT2D eigenvalue weighted by Gasteiger charge is 2.23. The van der Waals surface area contributed by atoms with Crippen molar-refractivity contribution in [1.29, 1.82) is 0 Å². The molecule has 2 atom stereocenters. The Balaban J connectivity index is 0.00000211. The van der Waals surface area contributed by atoms with E-state index in [9.17, 15) is 0 Å². The van der Waals surface area contributed by atoms with Gasteiger partial charge in [0.1, 0.15) is 0 Å². The zero-order chi connectivity index (χ0) is 17.1. The lowest BCUT2D eigenvalue weighted by Gasteiger charge is -2.29. The molecule has 1 heteroatoms. The normalized spacial score (nSPS) is 13.6. The van der Waals surface area contributed by atoms with Crippen LogP contribution in [0.4, 0.5) is 0 Å². The first-order chi connectivity index (χ1) is 10.5. The Kier molecular flexibility index (Phi) is 10.9. The number of benzene rings is 1. The topological polar surface area (TPSA) is 0 Å². The van der Waals surface area contributed by atoms with Crippen LogP contribution in [0.3, 0.4) is 0 Å². The van der Waals surface area contributed by atoms with Gasteiger partial charge in [-0.2, -0.15) is 0 Å². The molecule has 1 rings (SSSR count). The highest BCUT2D eigenvalue weighted by atomic mass is 31.1. The van der Waals surface area contributed by atoms with Crippen LogP contribution < -0.4 is 5.30 Å². The maximum atomic E-state index is 4.19. The second kappa shape index (κ2) is 11.4. The molecule has 0 bridgehead atoms. The van der Waals surface area contributed by atoms with Crippen LogP contribution in [-0.4, -0.2) is 5.66 Å². The van der Waals surface area contributed by atoms with Crippen molar-refractivity contribution >= 4 is 13.2 Å². The van der Waals surface area contributed by atoms with Crippen LogP contribution in [0.1, 0.15) is 53.0 Å². The second-order valence-electron chi connectivity index (χ2n) is 5.36. The van der Waals surface area contributed by atoms with Gasteiger partial charge < -0.3 is 0 Å². The molecule has 122 valence electrons. The van der Waals surface area contributed by atoms with Crippen LogP contribution in [0, 0.1) is 6.92 Å². The Morgan fingerprint density at radius 2 is 1.86 bits per heavy atom. The molecule has 1 aromatic carbocycles. The lowest BCUT2D eigenvalue weighted by atomic mass is 10.2. The molecule has 2 unspecified atom stereocenters. The van der Waals surface area contributed by atoms with Crippen LogP contribution in [0.2, 0.25) is 0 Å². The average Bonchev–Trinajstić information content (AvgIpc) is 2.50. The summed E-state index contributed by atoms with van der Waals surface area (Å²) in [5.41, 5.74) is 3.22. The van der Waals surface area contributed by atoms with Gasteiger partial charge in [0.2, 0.25) is 0 Å². The Bertz CT molecular complexity index is 496. The summed E-state index contributed by atoms with van der Waals surface area (Å²) in [5.74, 6) is 0. The molecule has 1 aromatic rings. The monoisotopic (exact) mass is 316 g/mol. The van der Waals surface area contributed by atoms with Gasteiger partial charge in [-0.05, 0) is 50.0 Å². The van der Waals surface area contributed by atoms with Crippen molar-refractivity contribution < 1.29 is 0 Å². The summed E-state index contributed by atoms with van der Waals surface area (Å²) in [6.07, 6.45) is 6.54. The molecular weight excluding hydrogens is 283 g/mol. The number of hydrogen-bond acceptors (Lipinski definition) is 0. The highest BCUT2D eigenvalue weighted by molar-refractivity contribution is 7.70. The quantitative estimate of drug-likeness (QED) is 0.376. The van der Waals surface area contributed by atoms with E-state index in [4.69, 9.17) is 0 Å². The fourth-order valence-electron chi connectivity index (χ4n) is 2.53. The molecule has 0 aliphatic rings. The molecule has 0 radical (unpaired) electrons. The maximum absolute atomic E-state index is 4.19. The average molecular weight is 316 g/mol. The third kappa shape index (κ3) is 5.93. The minimum atomic E-state index is -0.362. The van der Waals surface area contributed by atoms with Crippen molar-refractivity contribution in [2.24, 2.45) is 0 Å². The second-order valence-corrected chi connectivity index (χ2v) is 7.95. The molecule has 0 amide bonds. The van der Waals surface area contributed by atoms with E-state index in [0.29, 0.717) is 5.66 Å². The van der Waals surface area contributed by atoms with Gasteiger partial charge in [0, 0.05) is 0 Å². The van der Waals surface area contributed by atoms with E-state index in [1.807, 2.05) is 19.9 Å². The third-order valence-corrected chi connectivity index (χ3v) is 6.71. The molecule has 0 spiro atoms. The Hall–Kier alpha value is -1.13. The van der Waals surface area contributed by atoms with Crippen molar-refractivity contribution in [3.63, 3.8) is 0 Å². The SMILES string of the molecule is C=C/C=C(\C(=C)C)P(c1ccccc1C)C(C)CCC.CC. The number of hydrogen-bond donors (Lipinski definition) is 0. The van der Waals surface area contributed by atoms with Gasteiger partial charge in [0.15, 0.2) is 0 Å². The van der Waals surface area contributed by atoms with Gasteiger partial charge in [-0.1, -0.05) is 89.3 Å². The van der Waals surface area contributed by atoms with Gasteiger partial charge in [0.05, 0.1) is 0 Å². The standard InChI is InChI=1S/C19H27P.C2H6/c1-7-11-17(6)20(18(12-8-2)15(3)4)19-14-10-9-13-16(19)5;1-2/h8-10,12-14,17H,2-3,7,11H2,1,4-6H3;1-2H3/b18-12+;. The first-order valence-corrected chi connectivity index (χ1v) is 9.77. The summed E-state index contributed by atoms with van der Waals surface area (Å²) in [7, 11) is -0.362. The largest absolute Gasteiger partial charge is 0.0990 e. The first kappa shape index (κ1) is 20.9. The minimum absolute atomic E-state index is 0.362. The van der Waals surface area contributed by atoms with Gasteiger partial charge in [0.25, 0.3) is 0 Å². The first-order valence-electron chi connectivity index (χ1n) is 8.36. The lowest BCUT2D eigenvalue weighted by molar-refractivity contribution is 0.781. The fourth-order valence-corrected chi connectivity index (χ4v) is 5.63. The third-order valence-electron chi connectivity index (χ3n) is 3.49. The van der Waals surface area contributed by atoms with Crippen molar-refractivity contribution in [3.05, 3.63) is 66.0 Å². The summed E-state index contributed by atoms with van der Waals surface area (Å²) in [5, 5.41) is 2.87. The molecule has 0 fully saturated rings. The summed E-state index contributed by atoms with van der Waals surface area (Å²) in [4.78, 5) is 0. The van der Waals surface area contributed by atoms with E-state index >= 15 is 0 Å². The van der Waals surface area contributed by atoms with E-state index in [2.05, 4.69) is 71.2 Å². The lowest BCUT2D eigenvalue weighted by Crippen LogP contribution is -2.15. The predicted octanol–water partition coefficient (Wildman–Crippen LogP) is 6.96. The van der Waals surface area contributed by atoms with Gasteiger partial charge in [-0.15, -0.1) is 0 Å². The Morgan fingerprint density at radius 1 is 1.27 bits per heavy atom. The zero-order valence-corrected chi connectivity index (χ0v) is 16.2. The van der Waals surface area contributed by atoms with E-state index in [1.165, 1.54) is 34.6 Å². The number of allylic oxidation sites excluding steroid dienone is 4. The van der Waals surface area contributed by atoms with E-state index in [-0.39, 0.29) is 7.92 Å². The summed E-state index contributed by atoms with van der Waals surface area (Å²) in [6.45, 7) is 21.0. The summed E-state index contributed by atoms with van der Waals surface area (Å²) in [6, 6.07) is 8.77. The molecule has 22 heavy (non-hydrogen) atoms. The molecule has 0 saturated heterocycles. The van der Waals surface area contributed by atoms with E-state index in [1.54, 1.807) is 0 Å². The summed E-state index contributed by atoms with van der Waals surface area (Å²) >= 11 is 0. The van der Waals surface area contributed by atoms with Crippen molar-refractivity contribution in [2.45, 2.75) is 60.0 Å². The maximum Gasteiger partial charge on any atom is -0.0157 e. The van der Waals surface area contributed by atoms with Crippen molar-refractivity contribution in [3.8, 4) is 0 Å².